The summed E-state index contributed by atoms with van der Waals surface area (Å²) in [6.45, 7) is 10.9. The molecule has 20 heavy (non-hydrogen) atoms. The van der Waals surface area contributed by atoms with Gasteiger partial charge < -0.3 is 14.8 Å². The fourth-order valence-electron chi connectivity index (χ4n) is 3.39. The van der Waals surface area contributed by atoms with E-state index in [2.05, 4.69) is 67.8 Å². The van der Waals surface area contributed by atoms with Crippen molar-refractivity contribution in [1.82, 2.24) is 19.8 Å². The van der Waals surface area contributed by atoms with Crippen molar-refractivity contribution in [2.75, 3.05) is 20.6 Å². The second-order valence-electron chi connectivity index (χ2n) is 5.65. The molecule has 0 saturated carbocycles. The summed E-state index contributed by atoms with van der Waals surface area (Å²) in [6.07, 6.45) is 7.25. The Morgan fingerprint density at radius 1 is 1.25 bits per heavy atom. The van der Waals surface area contributed by atoms with E-state index in [1.54, 1.807) is 0 Å². The van der Waals surface area contributed by atoms with Gasteiger partial charge in [-0.2, -0.15) is 0 Å². The second-order valence-corrected chi connectivity index (χ2v) is 5.65. The topological polar surface area (TPSA) is 33.1 Å². The van der Waals surface area contributed by atoms with Gasteiger partial charge in [-0.1, -0.05) is 20.8 Å². The lowest BCUT2D eigenvalue weighted by atomic mass is 9.81. The Labute approximate surface area is 124 Å². The van der Waals surface area contributed by atoms with Crippen LogP contribution in [0.5, 0.6) is 0 Å². The molecule has 1 unspecified atom stereocenters. The first-order valence-electron chi connectivity index (χ1n) is 7.96. The van der Waals surface area contributed by atoms with Gasteiger partial charge in [0, 0.05) is 36.9 Å². The molecular weight excluding hydrogens is 248 g/mol. The largest absolute Gasteiger partial charge is 0.335 e. The average Bonchev–Trinajstić information content (AvgIpc) is 2.88. The van der Waals surface area contributed by atoms with Gasteiger partial charge >= 0.3 is 0 Å². The third-order valence-electron chi connectivity index (χ3n) is 4.74. The van der Waals surface area contributed by atoms with Crippen molar-refractivity contribution < 1.29 is 0 Å². The lowest BCUT2D eigenvalue weighted by Crippen LogP contribution is -2.59. The number of rotatable bonds is 9. The predicted molar refractivity (Wildman–Crippen MR) is 86.1 cm³/mol. The van der Waals surface area contributed by atoms with Crippen LogP contribution >= 0.6 is 0 Å². The molecule has 0 aliphatic carbocycles. The van der Waals surface area contributed by atoms with Crippen LogP contribution in [0.4, 0.5) is 0 Å². The van der Waals surface area contributed by atoms with Crippen molar-refractivity contribution in [3.05, 3.63) is 18.2 Å². The van der Waals surface area contributed by atoms with Crippen molar-refractivity contribution in [2.45, 2.75) is 65.1 Å². The third kappa shape index (κ3) is 3.41. The molecule has 0 spiro atoms. The molecule has 0 aliphatic rings. The van der Waals surface area contributed by atoms with Gasteiger partial charge in [0.1, 0.15) is 5.82 Å². The Hall–Kier alpha value is -0.870. The van der Waals surface area contributed by atoms with Crippen molar-refractivity contribution in [3.63, 3.8) is 0 Å². The van der Waals surface area contributed by atoms with E-state index in [4.69, 9.17) is 0 Å². The highest BCUT2D eigenvalue weighted by atomic mass is 15.2. The van der Waals surface area contributed by atoms with Crippen molar-refractivity contribution in [2.24, 2.45) is 0 Å². The minimum absolute atomic E-state index is 0.181. The summed E-state index contributed by atoms with van der Waals surface area (Å²) in [4.78, 5) is 6.94. The monoisotopic (exact) mass is 280 g/mol. The quantitative estimate of drug-likeness (QED) is 0.754. The molecule has 116 valence electrons. The first-order valence-corrected chi connectivity index (χ1v) is 7.96. The van der Waals surface area contributed by atoms with Crippen LogP contribution in [0.1, 0.15) is 46.4 Å². The highest BCUT2D eigenvalue weighted by molar-refractivity contribution is 5.04. The van der Waals surface area contributed by atoms with E-state index in [1.807, 2.05) is 6.20 Å². The number of likely N-dealkylation sites (N-methyl/N-ethyl adjacent to an activating group) is 2. The highest BCUT2D eigenvalue weighted by Gasteiger charge is 2.37. The molecule has 1 N–H and O–H groups in total. The summed E-state index contributed by atoms with van der Waals surface area (Å²) in [6, 6.07) is 0.421. The summed E-state index contributed by atoms with van der Waals surface area (Å²) in [5.74, 6) is 1.19. The zero-order chi connectivity index (χ0) is 15.2. The Kier molecular flexibility index (Phi) is 6.69. The summed E-state index contributed by atoms with van der Waals surface area (Å²) in [7, 11) is 4.40. The molecule has 1 aromatic rings. The molecule has 0 fully saturated rings. The van der Waals surface area contributed by atoms with Crippen LogP contribution in [0.3, 0.4) is 0 Å². The maximum Gasteiger partial charge on any atom is 0.110 e. The van der Waals surface area contributed by atoms with Crippen LogP contribution in [-0.4, -0.2) is 46.7 Å². The molecule has 0 saturated heterocycles. The van der Waals surface area contributed by atoms with Crippen molar-refractivity contribution >= 4 is 0 Å². The van der Waals surface area contributed by atoms with E-state index in [0.29, 0.717) is 6.04 Å². The number of nitrogens with one attached hydrogen (secondary N) is 1. The Bertz CT molecular complexity index is 380. The SMILES string of the molecule is CCNC(Cc1nccn1CC)C(CC)(CC)N(C)C. The van der Waals surface area contributed by atoms with Crippen LogP contribution in [0.25, 0.3) is 0 Å². The number of hydrogen-bond donors (Lipinski definition) is 1. The first-order chi connectivity index (χ1) is 9.55. The van der Waals surface area contributed by atoms with Gasteiger partial charge in [-0.15, -0.1) is 0 Å². The van der Waals surface area contributed by atoms with Gasteiger partial charge in [0.25, 0.3) is 0 Å². The Morgan fingerprint density at radius 3 is 2.35 bits per heavy atom. The fraction of sp³-hybridized carbons (Fsp3) is 0.812. The van der Waals surface area contributed by atoms with E-state index < -0.39 is 0 Å². The first kappa shape index (κ1) is 17.2. The van der Waals surface area contributed by atoms with E-state index in [9.17, 15) is 0 Å². The number of hydrogen-bond acceptors (Lipinski definition) is 3. The fourth-order valence-corrected chi connectivity index (χ4v) is 3.39. The molecular formula is C16H32N4. The van der Waals surface area contributed by atoms with E-state index in [0.717, 1.165) is 32.4 Å². The number of nitrogens with zero attached hydrogens (tertiary/aromatic N) is 3. The van der Waals surface area contributed by atoms with Crippen LogP contribution in [0.2, 0.25) is 0 Å². The van der Waals surface area contributed by atoms with Gasteiger partial charge in [-0.25, -0.2) is 4.98 Å². The molecule has 4 nitrogen and oxygen atoms in total. The van der Waals surface area contributed by atoms with E-state index in [1.165, 1.54) is 5.82 Å². The molecule has 0 radical (unpaired) electrons. The standard InChI is InChI=1S/C16H32N4/c1-7-16(8-2,19(5)6)14(17-9-3)13-15-18-11-12-20(15)10-4/h11-12,14,17H,7-10,13H2,1-6H3. The lowest BCUT2D eigenvalue weighted by molar-refractivity contribution is 0.0876. The minimum Gasteiger partial charge on any atom is -0.335 e. The van der Waals surface area contributed by atoms with Crippen LogP contribution in [0, 0.1) is 0 Å². The average molecular weight is 280 g/mol. The van der Waals surface area contributed by atoms with Gasteiger partial charge in [0.2, 0.25) is 0 Å². The zero-order valence-corrected chi connectivity index (χ0v) is 14.1. The van der Waals surface area contributed by atoms with E-state index in [-0.39, 0.29) is 5.54 Å². The zero-order valence-electron chi connectivity index (χ0n) is 14.1. The smallest absolute Gasteiger partial charge is 0.110 e. The summed E-state index contributed by atoms with van der Waals surface area (Å²) < 4.78 is 2.25. The second kappa shape index (κ2) is 7.79. The van der Waals surface area contributed by atoms with Crippen LogP contribution in [0.15, 0.2) is 12.4 Å². The van der Waals surface area contributed by atoms with Crippen LogP contribution < -0.4 is 5.32 Å². The number of imidazole rings is 1. The molecule has 1 heterocycles. The summed E-state index contributed by atoms with van der Waals surface area (Å²) >= 11 is 0. The van der Waals surface area contributed by atoms with Gasteiger partial charge in [-0.05, 0) is 40.4 Å². The maximum absolute atomic E-state index is 4.55. The molecule has 1 atom stereocenters. The molecule has 0 bridgehead atoms. The van der Waals surface area contributed by atoms with E-state index >= 15 is 0 Å². The lowest BCUT2D eigenvalue weighted by Gasteiger charge is -2.45. The Morgan fingerprint density at radius 2 is 1.90 bits per heavy atom. The number of aromatic nitrogens is 2. The summed E-state index contributed by atoms with van der Waals surface area (Å²) in [5.41, 5.74) is 0.181. The molecule has 0 amide bonds. The number of aryl methyl sites for hydroxylation is 1. The van der Waals surface area contributed by atoms with Gasteiger partial charge in [-0.3, -0.25) is 0 Å². The maximum atomic E-state index is 4.55. The highest BCUT2D eigenvalue weighted by Crippen LogP contribution is 2.27. The molecule has 1 aromatic heterocycles. The normalized spacial score (nSPS) is 13.9. The minimum atomic E-state index is 0.181. The van der Waals surface area contributed by atoms with Gasteiger partial charge in [0.05, 0.1) is 0 Å². The van der Waals surface area contributed by atoms with Crippen molar-refractivity contribution in [3.8, 4) is 0 Å². The molecule has 4 heteroatoms. The third-order valence-corrected chi connectivity index (χ3v) is 4.74. The summed E-state index contributed by atoms with van der Waals surface area (Å²) in [5, 5.41) is 3.70. The van der Waals surface area contributed by atoms with Crippen molar-refractivity contribution in [1.29, 1.82) is 0 Å². The molecule has 1 rings (SSSR count). The Balaban J connectivity index is 3.03. The molecule has 0 aliphatic heterocycles. The predicted octanol–water partition coefficient (Wildman–Crippen LogP) is 2.54. The molecule has 0 aromatic carbocycles. The van der Waals surface area contributed by atoms with Gasteiger partial charge in [0.15, 0.2) is 0 Å². The van der Waals surface area contributed by atoms with Crippen LogP contribution in [-0.2, 0) is 13.0 Å².